The topological polar surface area (TPSA) is 84.3 Å². The van der Waals surface area contributed by atoms with Gasteiger partial charge in [-0.05, 0) is 49.9 Å². The van der Waals surface area contributed by atoms with Crippen molar-refractivity contribution in [2.75, 3.05) is 5.32 Å². The number of rotatable bonds is 7. The van der Waals surface area contributed by atoms with Gasteiger partial charge in [0.2, 0.25) is 0 Å². The predicted octanol–water partition coefficient (Wildman–Crippen LogP) is 4.50. The molecule has 0 spiro atoms. The van der Waals surface area contributed by atoms with E-state index in [0.717, 1.165) is 0 Å². The number of carboxylic acid groups (broad SMARTS) is 1. The largest absolute Gasteiger partial charge is 0.487 e. The van der Waals surface area contributed by atoms with Crippen LogP contribution in [-0.4, -0.2) is 35.0 Å². The van der Waals surface area contributed by atoms with Crippen molar-refractivity contribution < 1.29 is 19.0 Å². The Morgan fingerprint density at radius 3 is 2.84 bits per heavy atom. The maximum atomic E-state index is 14.2. The number of halogens is 2. The van der Waals surface area contributed by atoms with Crippen molar-refractivity contribution in [3.05, 3.63) is 58.4 Å². The van der Waals surface area contributed by atoms with E-state index in [-0.39, 0.29) is 23.3 Å². The van der Waals surface area contributed by atoms with Gasteiger partial charge in [-0.3, -0.25) is 4.79 Å². The third kappa shape index (κ3) is 5.05. The lowest BCUT2D eigenvalue weighted by atomic mass is 9.70. The van der Waals surface area contributed by atoms with Crippen LogP contribution in [0.15, 0.2) is 41.9 Å². The number of aromatic nitrogens is 2. The highest BCUT2D eigenvalue weighted by Crippen LogP contribution is 2.41. The number of aliphatic carboxylic acids is 1. The molecule has 0 atom stereocenters. The molecule has 2 heterocycles. The zero-order chi connectivity index (χ0) is 22.7. The van der Waals surface area contributed by atoms with Gasteiger partial charge in [0.15, 0.2) is 16.7 Å². The molecule has 6 nitrogen and oxygen atoms in total. The van der Waals surface area contributed by atoms with E-state index in [2.05, 4.69) is 15.3 Å². The Balaban J connectivity index is 1.47. The molecule has 0 amide bonds. The second kappa shape index (κ2) is 9.46. The lowest BCUT2D eigenvalue weighted by Gasteiger charge is -2.36. The predicted molar refractivity (Wildman–Crippen MR) is 123 cm³/mol. The Labute approximate surface area is 195 Å². The Morgan fingerprint density at radius 1 is 1.38 bits per heavy atom. The van der Waals surface area contributed by atoms with Crippen molar-refractivity contribution in [1.29, 1.82) is 0 Å². The number of benzene rings is 1. The van der Waals surface area contributed by atoms with Crippen molar-refractivity contribution in [3.8, 4) is 5.75 Å². The fraction of sp³-hybridized carbons (Fsp3) is 0.318. The zero-order valence-electron chi connectivity index (χ0n) is 17.1. The summed E-state index contributed by atoms with van der Waals surface area (Å²) in [6.07, 6.45) is 3.33. The minimum Gasteiger partial charge on any atom is -0.487 e. The van der Waals surface area contributed by atoms with E-state index in [1.807, 2.05) is 5.38 Å². The molecule has 164 valence electrons. The first-order chi connectivity index (χ1) is 15.3. The summed E-state index contributed by atoms with van der Waals surface area (Å²) in [4.78, 5) is 21.0. The van der Waals surface area contributed by atoms with Crippen LogP contribution in [-0.2, 0) is 11.2 Å². The van der Waals surface area contributed by atoms with Crippen LogP contribution in [0, 0.1) is 11.2 Å². The normalized spacial score (nSPS) is 20.6. The Morgan fingerprint density at radius 2 is 2.16 bits per heavy atom. The highest BCUT2D eigenvalue weighted by atomic mass is 35.5. The Kier molecular flexibility index (Phi) is 6.67. The number of hydrogen-bond donors (Lipinski definition) is 2. The number of pyridine rings is 1. The molecule has 0 aliphatic heterocycles. The zero-order valence-corrected chi connectivity index (χ0v) is 18.6. The van der Waals surface area contributed by atoms with Crippen molar-refractivity contribution in [3.63, 3.8) is 0 Å². The fourth-order valence-corrected chi connectivity index (χ4v) is 4.69. The maximum absolute atomic E-state index is 14.2. The highest BCUT2D eigenvalue weighted by Gasteiger charge is 2.43. The van der Waals surface area contributed by atoms with Gasteiger partial charge in [-0.2, -0.15) is 0 Å². The summed E-state index contributed by atoms with van der Waals surface area (Å²) in [5.41, 5.74) is 0.0844. The monoisotopic (exact) mass is 471 g/mol. The van der Waals surface area contributed by atoms with E-state index >= 15 is 0 Å². The standard InChI is InChI=1S/C22H20BClFN3O3S/c23-13-10-14(27-18(11-13)28-21-26-8-9-32-21)12-22(20(29)30)6-4-15(5-7-22)31-17-3-1-2-16(24)19(17)25/h1-3,8-11,15H,4-7,12H2,(H,29,30)(H,26,27,28). The van der Waals surface area contributed by atoms with Crippen LogP contribution < -0.4 is 15.5 Å². The number of carbonyl (C=O) groups is 1. The van der Waals surface area contributed by atoms with E-state index in [1.165, 1.54) is 23.5 Å². The Hall–Kier alpha value is -2.65. The second-order valence-corrected chi connectivity index (χ2v) is 9.17. The van der Waals surface area contributed by atoms with Gasteiger partial charge in [-0.1, -0.05) is 23.1 Å². The van der Waals surface area contributed by atoms with Gasteiger partial charge in [-0.15, -0.1) is 11.3 Å². The van der Waals surface area contributed by atoms with Gasteiger partial charge in [0, 0.05) is 23.7 Å². The van der Waals surface area contributed by atoms with Crippen LogP contribution in [0.5, 0.6) is 5.75 Å². The molecule has 4 rings (SSSR count). The summed E-state index contributed by atoms with van der Waals surface area (Å²) in [5.74, 6) is -0.887. The first-order valence-electron chi connectivity index (χ1n) is 10.1. The number of ether oxygens (including phenoxy) is 1. The third-order valence-electron chi connectivity index (χ3n) is 5.64. The van der Waals surface area contributed by atoms with Crippen molar-refractivity contribution in [2.45, 2.75) is 38.2 Å². The number of thiazole rings is 1. The molecule has 1 aliphatic rings. The quantitative estimate of drug-likeness (QED) is 0.494. The van der Waals surface area contributed by atoms with Crippen molar-refractivity contribution >= 4 is 53.2 Å². The van der Waals surface area contributed by atoms with Gasteiger partial charge in [0.05, 0.1) is 16.5 Å². The summed E-state index contributed by atoms with van der Waals surface area (Å²) in [6.45, 7) is 0. The molecule has 1 aliphatic carbocycles. The summed E-state index contributed by atoms with van der Waals surface area (Å²) >= 11 is 7.25. The van der Waals surface area contributed by atoms with Gasteiger partial charge < -0.3 is 15.2 Å². The molecule has 0 bridgehead atoms. The Bertz CT molecular complexity index is 1110. The van der Waals surface area contributed by atoms with E-state index in [4.69, 9.17) is 24.2 Å². The van der Waals surface area contributed by atoms with E-state index in [1.54, 1.807) is 24.4 Å². The summed E-state index contributed by atoms with van der Waals surface area (Å²) in [5, 5.41) is 15.6. The highest BCUT2D eigenvalue weighted by molar-refractivity contribution is 7.13. The van der Waals surface area contributed by atoms with Crippen LogP contribution in [0.2, 0.25) is 5.02 Å². The second-order valence-electron chi connectivity index (χ2n) is 7.87. The molecule has 0 unspecified atom stereocenters. The molecule has 2 aromatic heterocycles. The number of anilines is 2. The van der Waals surface area contributed by atoms with Gasteiger partial charge in [0.1, 0.15) is 13.7 Å². The first-order valence-corrected chi connectivity index (χ1v) is 11.4. The molecule has 2 radical (unpaired) electrons. The summed E-state index contributed by atoms with van der Waals surface area (Å²) < 4.78 is 19.9. The minimum atomic E-state index is -0.994. The molecule has 2 N–H and O–H groups in total. The molecule has 0 saturated heterocycles. The van der Waals surface area contributed by atoms with Crippen LogP contribution in [0.1, 0.15) is 31.4 Å². The summed E-state index contributed by atoms with van der Waals surface area (Å²) in [7, 11) is 6.04. The summed E-state index contributed by atoms with van der Waals surface area (Å²) in [6, 6.07) is 7.97. The average Bonchev–Trinajstić information content (AvgIpc) is 3.25. The molecular weight excluding hydrogens is 452 g/mol. The smallest absolute Gasteiger partial charge is 0.310 e. The SMILES string of the molecule is [B]c1cc(CC2(C(=O)O)CCC(Oc3cccc(Cl)c3F)CC2)nc(Nc2nccs2)c1. The molecule has 1 fully saturated rings. The molecule has 3 aromatic rings. The van der Waals surface area contributed by atoms with Gasteiger partial charge >= 0.3 is 5.97 Å². The number of carboxylic acids is 1. The van der Waals surface area contributed by atoms with E-state index < -0.39 is 17.2 Å². The van der Waals surface area contributed by atoms with Crippen LogP contribution in [0.3, 0.4) is 0 Å². The first kappa shape index (κ1) is 22.5. The van der Waals surface area contributed by atoms with Crippen molar-refractivity contribution in [1.82, 2.24) is 9.97 Å². The molecule has 10 heteroatoms. The van der Waals surface area contributed by atoms with Crippen LogP contribution in [0.4, 0.5) is 15.3 Å². The van der Waals surface area contributed by atoms with Crippen LogP contribution >= 0.6 is 22.9 Å². The van der Waals surface area contributed by atoms with Gasteiger partial charge in [-0.25, -0.2) is 14.4 Å². The van der Waals surface area contributed by atoms with E-state index in [9.17, 15) is 14.3 Å². The molecule has 32 heavy (non-hydrogen) atoms. The van der Waals surface area contributed by atoms with Crippen molar-refractivity contribution in [2.24, 2.45) is 5.41 Å². The van der Waals surface area contributed by atoms with Crippen LogP contribution in [0.25, 0.3) is 0 Å². The average molecular weight is 472 g/mol. The lowest BCUT2D eigenvalue weighted by Crippen LogP contribution is -2.40. The molecule has 1 aromatic carbocycles. The molecular formula is C22H20BClFN3O3S. The number of hydrogen-bond acceptors (Lipinski definition) is 6. The van der Waals surface area contributed by atoms with Gasteiger partial charge in [0.25, 0.3) is 0 Å². The van der Waals surface area contributed by atoms with E-state index in [0.29, 0.717) is 47.8 Å². The fourth-order valence-electron chi connectivity index (χ4n) is 3.99. The maximum Gasteiger partial charge on any atom is 0.310 e. The number of nitrogens with zero attached hydrogens (tertiary/aromatic N) is 2. The molecule has 1 saturated carbocycles. The third-order valence-corrected chi connectivity index (χ3v) is 6.62. The number of nitrogens with one attached hydrogen (secondary N) is 1. The lowest BCUT2D eigenvalue weighted by molar-refractivity contribution is -0.152. The minimum absolute atomic E-state index is 0.00639.